The Morgan fingerprint density at radius 2 is 1.76 bits per heavy atom. The van der Waals surface area contributed by atoms with Crippen molar-refractivity contribution in [3.63, 3.8) is 0 Å². The van der Waals surface area contributed by atoms with Crippen molar-refractivity contribution in [1.29, 1.82) is 0 Å². The number of aromatic nitrogens is 1. The van der Waals surface area contributed by atoms with Crippen LogP contribution < -0.4 is 15.7 Å². The smallest absolute Gasteiger partial charge is 0.262 e. The molecule has 2 aliphatic rings. The average molecular weight is 582 g/mol. The number of pyridine rings is 1. The van der Waals surface area contributed by atoms with Crippen LogP contribution in [0, 0.1) is 0 Å². The van der Waals surface area contributed by atoms with Crippen molar-refractivity contribution in [2.24, 2.45) is 7.05 Å². The molecule has 0 saturated carbocycles. The predicted molar refractivity (Wildman–Crippen MR) is 146 cm³/mol. The van der Waals surface area contributed by atoms with Gasteiger partial charge in [-0.05, 0) is 18.6 Å². The van der Waals surface area contributed by atoms with Gasteiger partial charge in [0.15, 0.2) is 22.9 Å². The molecule has 11 nitrogen and oxygen atoms in total. The van der Waals surface area contributed by atoms with Gasteiger partial charge in [0, 0.05) is 41.1 Å². The number of aromatic hydroxyl groups is 1. The van der Waals surface area contributed by atoms with Crippen molar-refractivity contribution >= 4 is 44.9 Å². The third-order valence-electron chi connectivity index (χ3n) is 8.00. The van der Waals surface area contributed by atoms with Gasteiger partial charge in [-0.2, -0.15) is 0 Å². The van der Waals surface area contributed by atoms with Crippen molar-refractivity contribution in [3.05, 3.63) is 77.0 Å². The molecule has 4 aromatic rings. The predicted octanol–water partition coefficient (Wildman–Crippen LogP) is 2.57. The maximum atomic E-state index is 14.2. The number of benzene rings is 2. The minimum Gasteiger partial charge on any atom is -0.504 e. The lowest BCUT2D eigenvalue weighted by molar-refractivity contribution is -0.0372. The average Bonchev–Trinajstić information content (AvgIpc) is 2.94. The van der Waals surface area contributed by atoms with Crippen LogP contribution in [-0.4, -0.2) is 49.8 Å². The van der Waals surface area contributed by atoms with Crippen LogP contribution in [0.1, 0.15) is 80.8 Å². The van der Waals surface area contributed by atoms with E-state index in [9.17, 15) is 39.6 Å². The topological polar surface area (TPSA) is 176 Å². The number of carbonyl (C=O) groups is 2. The van der Waals surface area contributed by atoms with Gasteiger partial charge in [0.25, 0.3) is 5.56 Å². The summed E-state index contributed by atoms with van der Waals surface area (Å²) in [5.74, 6) is -2.80. The first kappa shape index (κ1) is 27.2. The molecule has 0 spiro atoms. The van der Waals surface area contributed by atoms with E-state index in [0.717, 1.165) is 0 Å². The first-order valence-corrected chi connectivity index (χ1v) is 13.2. The van der Waals surface area contributed by atoms with Gasteiger partial charge in [-0.1, -0.05) is 24.9 Å². The van der Waals surface area contributed by atoms with Gasteiger partial charge in [0.05, 0.1) is 29.4 Å². The summed E-state index contributed by atoms with van der Waals surface area (Å²) in [6.07, 6.45) is -4.03. The fourth-order valence-corrected chi connectivity index (χ4v) is 6.44. The van der Waals surface area contributed by atoms with Crippen molar-refractivity contribution in [1.82, 2.24) is 4.57 Å². The molecule has 0 unspecified atom stereocenters. The van der Waals surface area contributed by atoms with E-state index in [1.165, 1.54) is 30.9 Å². The number of hydrogen-bond acceptors (Lipinski definition) is 10. The van der Waals surface area contributed by atoms with Gasteiger partial charge < -0.3 is 34.1 Å². The van der Waals surface area contributed by atoms with Crippen molar-refractivity contribution in [3.8, 4) is 11.5 Å². The molecule has 2 aromatic carbocycles. The number of nitrogens with zero attached hydrogens (tertiary/aromatic N) is 1. The van der Waals surface area contributed by atoms with Crippen LogP contribution in [0.5, 0.6) is 11.5 Å². The highest BCUT2D eigenvalue weighted by molar-refractivity contribution is 6.41. The molecule has 212 valence electrons. The first-order chi connectivity index (χ1) is 19.5. The fourth-order valence-electron chi connectivity index (χ4n) is 6.04. The Morgan fingerprint density at radius 1 is 1.05 bits per heavy atom. The Bertz CT molecular complexity index is 1990. The minimum absolute atomic E-state index is 0.00235. The summed E-state index contributed by atoms with van der Waals surface area (Å²) in [6, 6.07) is 2.74. The maximum absolute atomic E-state index is 14.2. The number of halogens is 1. The quantitative estimate of drug-likeness (QED) is 0.232. The molecule has 0 saturated heterocycles. The van der Waals surface area contributed by atoms with Gasteiger partial charge in [-0.3, -0.25) is 19.2 Å². The van der Waals surface area contributed by atoms with E-state index >= 15 is 0 Å². The lowest BCUT2D eigenvalue weighted by Crippen LogP contribution is -2.35. The Kier molecular flexibility index (Phi) is 6.12. The van der Waals surface area contributed by atoms with E-state index in [4.69, 9.17) is 20.8 Å². The summed E-state index contributed by atoms with van der Waals surface area (Å²) >= 11 is 6.62. The van der Waals surface area contributed by atoms with E-state index in [-0.39, 0.29) is 56.0 Å². The molecule has 3 atom stereocenters. The van der Waals surface area contributed by atoms with Crippen molar-refractivity contribution in [2.45, 2.75) is 44.5 Å². The highest BCUT2D eigenvalue weighted by atomic mass is 35.5. The molecule has 41 heavy (non-hydrogen) atoms. The number of methoxy groups -OCH3 is 1. The van der Waals surface area contributed by atoms with E-state index < -0.39 is 63.1 Å². The van der Waals surface area contributed by atoms with Gasteiger partial charge in [0.2, 0.25) is 11.2 Å². The lowest BCUT2D eigenvalue weighted by Gasteiger charge is -2.29. The highest BCUT2D eigenvalue weighted by Crippen LogP contribution is 2.47. The number of phenols is 1. The number of fused-ring (bicyclic) bond motifs is 7. The minimum atomic E-state index is -1.72. The number of carbonyl (C=O) groups excluding carboxylic acids is 2. The molecule has 0 fully saturated rings. The summed E-state index contributed by atoms with van der Waals surface area (Å²) in [5.41, 5.74) is -3.15. The third kappa shape index (κ3) is 3.43. The number of rotatable bonds is 3. The SMILES string of the molecule is CCCc1c(Cl)c2c(c(=O)n1C)C(=O)c1c(ccc3c(OC)c(O)c4c(=O)c5c(oc4c13)[C@@H](O)C[C@H](O)[C@@H]5O)C2=O. The van der Waals surface area contributed by atoms with Crippen LogP contribution in [0.25, 0.3) is 21.7 Å². The van der Waals surface area contributed by atoms with E-state index in [1.54, 1.807) is 0 Å². The monoisotopic (exact) mass is 581 g/mol. The third-order valence-corrected chi connectivity index (χ3v) is 8.40. The lowest BCUT2D eigenvalue weighted by atomic mass is 9.80. The largest absolute Gasteiger partial charge is 0.504 e. The second-order valence-electron chi connectivity index (χ2n) is 10.3. The second kappa shape index (κ2) is 9.25. The molecule has 4 N–H and O–H groups in total. The molecule has 0 radical (unpaired) electrons. The van der Waals surface area contributed by atoms with Crippen LogP contribution in [0.2, 0.25) is 5.02 Å². The number of hydrogen-bond donors (Lipinski definition) is 4. The van der Waals surface area contributed by atoms with E-state index in [1.807, 2.05) is 6.92 Å². The summed E-state index contributed by atoms with van der Waals surface area (Å²) in [6.45, 7) is 1.88. The van der Waals surface area contributed by atoms with Gasteiger partial charge in [-0.25, -0.2) is 0 Å². The molecule has 2 aliphatic carbocycles. The van der Waals surface area contributed by atoms with Gasteiger partial charge >= 0.3 is 0 Å². The molecule has 2 heterocycles. The maximum Gasteiger partial charge on any atom is 0.262 e. The molecule has 0 amide bonds. The van der Waals surface area contributed by atoms with Crippen LogP contribution in [0.3, 0.4) is 0 Å². The fraction of sp³-hybridized carbons (Fsp3) is 0.310. The van der Waals surface area contributed by atoms with Crippen LogP contribution in [0.15, 0.2) is 26.1 Å². The molecule has 0 bridgehead atoms. The Morgan fingerprint density at radius 3 is 2.41 bits per heavy atom. The molecule has 12 heteroatoms. The summed E-state index contributed by atoms with van der Waals surface area (Å²) < 4.78 is 12.6. The zero-order chi connectivity index (χ0) is 29.7. The van der Waals surface area contributed by atoms with Gasteiger partial charge in [-0.15, -0.1) is 0 Å². The van der Waals surface area contributed by atoms with E-state index in [2.05, 4.69) is 0 Å². The molecule has 2 aromatic heterocycles. The Labute approximate surface area is 235 Å². The number of aliphatic hydroxyl groups is 3. The highest BCUT2D eigenvalue weighted by Gasteiger charge is 2.41. The molecule has 0 aliphatic heterocycles. The number of ketones is 2. The molecular weight excluding hydrogens is 558 g/mol. The van der Waals surface area contributed by atoms with Crippen molar-refractivity contribution in [2.75, 3.05) is 7.11 Å². The zero-order valence-corrected chi connectivity index (χ0v) is 22.8. The van der Waals surface area contributed by atoms with Crippen molar-refractivity contribution < 1.29 is 39.2 Å². The van der Waals surface area contributed by atoms with Crippen LogP contribution in [0.4, 0.5) is 0 Å². The Balaban J connectivity index is 1.81. The first-order valence-electron chi connectivity index (χ1n) is 12.9. The van der Waals surface area contributed by atoms with Gasteiger partial charge in [0.1, 0.15) is 28.9 Å². The number of phenolic OH excluding ortho intramolecular Hbond substituents is 1. The number of aliphatic hydroxyl groups excluding tert-OH is 3. The second-order valence-corrected chi connectivity index (χ2v) is 10.6. The normalized spacial score (nSPS) is 19.8. The zero-order valence-electron chi connectivity index (χ0n) is 22.1. The summed E-state index contributed by atoms with van der Waals surface area (Å²) in [4.78, 5) is 55.2. The molecule has 6 rings (SSSR count). The van der Waals surface area contributed by atoms with Crippen LogP contribution >= 0.6 is 11.6 Å². The summed E-state index contributed by atoms with van der Waals surface area (Å²) in [5, 5.41) is 41.9. The standard InChI is InChI=1S/C29H24ClNO10/c1-4-5-11-20(30)16-17(29(39)31(11)2)23(36)14-9(21(16)34)6-7-10-15(14)28-19(25(38)26(10)40-3)24(37)18-22(35)12(32)8-13(33)27(18)41-28/h6-7,12-13,22,32-33,35,38H,4-5,8H2,1-3H3/t12-,13-,22-/m0/s1. The molecular formula is C29H24ClNO10. The van der Waals surface area contributed by atoms with Crippen LogP contribution in [-0.2, 0) is 13.5 Å². The summed E-state index contributed by atoms with van der Waals surface area (Å²) in [7, 11) is 2.67. The van der Waals surface area contributed by atoms with E-state index in [0.29, 0.717) is 18.5 Å². The number of ether oxygens (including phenoxy) is 1. The Hall–Kier alpha value is -4.03.